The molecule has 0 spiro atoms. The molecule has 2 rings (SSSR count). The van der Waals surface area contributed by atoms with Crippen LogP contribution >= 0.6 is 27.5 Å². The highest BCUT2D eigenvalue weighted by Gasteiger charge is 2.24. The minimum Gasteiger partial charge on any atom is -0.489 e. The first-order valence-electron chi connectivity index (χ1n) is 5.62. The van der Waals surface area contributed by atoms with Gasteiger partial charge in [-0.15, -0.1) is 0 Å². The summed E-state index contributed by atoms with van der Waals surface area (Å²) in [5, 5.41) is 0.613. The lowest BCUT2D eigenvalue weighted by molar-refractivity contribution is 0.0222. The topological polar surface area (TPSA) is 44.5 Å². The van der Waals surface area contributed by atoms with Crippen LogP contribution in [0.15, 0.2) is 22.7 Å². The second-order valence-corrected chi connectivity index (χ2v) is 5.40. The molecule has 1 aromatic carbocycles. The number of ether oxygens (including phenoxy) is 2. The van der Waals surface area contributed by atoms with Crippen LogP contribution in [0.2, 0.25) is 5.02 Å². The molecule has 17 heavy (non-hydrogen) atoms. The van der Waals surface area contributed by atoms with Crippen molar-refractivity contribution in [3.05, 3.63) is 27.7 Å². The van der Waals surface area contributed by atoms with E-state index in [0.29, 0.717) is 23.9 Å². The van der Waals surface area contributed by atoms with E-state index in [-0.39, 0.29) is 12.2 Å². The van der Waals surface area contributed by atoms with Gasteiger partial charge in [0.25, 0.3) is 0 Å². The zero-order valence-corrected chi connectivity index (χ0v) is 11.7. The number of benzene rings is 1. The molecule has 5 heteroatoms. The Balaban J connectivity index is 1.88. The van der Waals surface area contributed by atoms with E-state index in [2.05, 4.69) is 15.9 Å². The summed E-state index contributed by atoms with van der Waals surface area (Å²) < 4.78 is 12.3. The van der Waals surface area contributed by atoms with Gasteiger partial charge in [-0.25, -0.2) is 0 Å². The van der Waals surface area contributed by atoms with Crippen LogP contribution in [-0.2, 0) is 4.74 Å². The van der Waals surface area contributed by atoms with E-state index in [1.807, 2.05) is 12.1 Å². The smallest absolute Gasteiger partial charge is 0.139 e. The molecule has 0 saturated carbocycles. The fourth-order valence-corrected chi connectivity index (χ4v) is 2.36. The predicted molar refractivity (Wildman–Crippen MR) is 71.6 cm³/mol. The van der Waals surface area contributed by atoms with Gasteiger partial charge >= 0.3 is 0 Å². The lowest BCUT2D eigenvalue weighted by Gasteiger charge is -2.14. The van der Waals surface area contributed by atoms with Crippen molar-refractivity contribution in [2.45, 2.75) is 25.0 Å². The Labute approximate surface area is 114 Å². The second kappa shape index (κ2) is 6.05. The quantitative estimate of drug-likeness (QED) is 0.927. The third-order valence-corrected chi connectivity index (χ3v) is 3.58. The number of hydrogen-bond acceptors (Lipinski definition) is 3. The zero-order chi connectivity index (χ0) is 12.3. The zero-order valence-electron chi connectivity index (χ0n) is 9.36. The van der Waals surface area contributed by atoms with Crippen molar-refractivity contribution in [3.8, 4) is 5.75 Å². The van der Waals surface area contributed by atoms with Crippen molar-refractivity contribution >= 4 is 27.5 Å². The van der Waals surface area contributed by atoms with Crippen LogP contribution < -0.4 is 10.5 Å². The lowest BCUT2D eigenvalue weighted by atomic mass is 10.2. The van der Waals surface area contributed by atoms with Crippen LogP contribution in [-0.4, -0.2) is 25.4 Å². The molecule has 0 amide bonds. The van der Waals surface area contributed by atoms with Gasteiger partial charge in [0.2, 0.25) is 0 Å². The molecule has 1 fully saturated rings. The van der Waals surface area contributed by atoms with Gasteiger partial charge in [-0.05, 0) is 31.0 Å². The molecule has 1 aliphatic heterocycles. The summed E-state index contributed by atoms with van der Waals surface area (Å²) in [4.78, 5) is 0. The molecule has 2 N–H and O–H groups in total. The molecule has 0 bridgehead atoms. The summed E-state index contributed by atoms with van der Waals surface area (Å²) >= 11 is 9.42. The first-order valence-corrected chi connectivity index (χ1v) is 6.79. The molecule has 1 aromatic rings. The average molecular weight is 321 g/mol. The monoisotopic (exact) mass is 319 g/mol. The van der Waals surface area contributed by atoms with E-state index in [1.165, 1.54) is 0 Å². The highest BCUT2D eigenvalue weighted by molar-refractivity contribution is 9.10. The summed E-state index contributed by atoms with van der Waals surface area (Å²) in [5.74, 6) is 0.681. The number of nitrogens with two attached hydrogens (primary N) is 1. The van der Waals surface area contributed by atoms with Gasteiger partial charge in [0, 0.05) is 11.0 Å². The van der Waals surface area contributed by atoms with Crippen LogP contribution in [0.25, 0.3) is 0 Å². The molecule has 0 aromatic heterocycles. The van der Waals surface area contributed by atoms with Crippen molar-refractivity contribution in [1.29, 1.82) is 0 Å². The van der Waals surface area contributed by atoms with Crippen LogP contribution in [0, 0.1) is 0 Å². The lowest BCUT2D eigenvalue weighted by Crippen LogP contribution is -2.23. The van der Waals surface area contributed by atoms with E-state index in [0.717, 1.165) is 17.3 Å². The maximum Gasteiger partial charge on any atom is 0.139 e. The molecule has 94 valence electrons. The van der Waals surface area contributed by atoms with Gasteiger partial charge in [0.1, 0.15) is 12.4 Å². The van der Waals surface area contributed by atoms with E-state index in [9.17, 15) is 0 Å². The summed E-state index contributed by atoms with van der Waals surface area (Å²) in [7, 11) is 0. The maximum atomic E-state index is 6.03. The van der Waals surface area contributed by atoms with E-state index < -0.39 is 0 Å². The first kappa shape index (κ1) is 13.1. The molecule has 0 aliphatic carbocycles. The molecule has 1 heterocycles. The normalized spacial score (nSPS) is 23.9. The Morgan fingerprint density at radius 1 is 1.41 bits per heavy atom. The molecular formula is C12H15BrClNO2. The predicted octanol–water partition coefficient (Wildman–Crippen LogP) is 2.99. The van der Waals surface area contributed by atoms with Crippen molar-refractivity contribution < 1.29 is 9.47 Å². The number of hydrogen-bond donors (Lipinski definition) is 1. The van der Waals surface area contributed by atoms with Crippen molar-refractivity contribution in [1.82, 2.24) is 0 Å². The van der Waals surface area contributed by atoms with Crippen molar-refractivity contribution in [2.75, 3.05) is 13.2 Å². The summed E-state index contributed by atoms with van der Waals surface area (Å²) in [5.41, 5.74) is 5.55. The summed E-state index contributed by atoms with van der Waals surface area (Å²) in [6, 6.07) is 5.54. The van der Waals surface area contributed by atoms with E-state index in [1.54, 1.807) is 6.07 Å². The second-order valence-electron chi connectivity index (χ2n) is 4.08. The Morgan fingerprint density at radius 2 is 2.18 bits per heavy atom. The summed E-state index contributed by atoms with van der Waals surface area (Å²) in [6.45, 7) is 1.10. The van der Waals surface area contributed by atoms with Crippen molar-refractivity contribution in [3.63, 3.8) is 0 Å². The van der Waals surface area contributed by atoms with Crippen LogP contribution in [0.5, 0.6) is 5.75 Å². The first-order chi connectivity index (χ1) is 8.19. The molecular weight excluding hydrogens is 305 g/mol. The molecule has 3 nitrogen and oxygen atoms in total. The SMILES string of the molecule is NCC1CCC(COc2cc(Br)ccc2Cl)O1. The van der Waals surface area contributed by atoms with Gasteiger partial charge in [-0.2, -0.15) is 0 Å². The highest BCUT2D eigenvalue weighted by atomic mass is 79.9. The minimum atomic E-state index is 0.124. The molecule has 0 radical (unpaired) electrons. The average Bonchev–Trinajstić information content (AvgIpc) is 2.78. The standard InChI is InChI=1S/C12H15BrClNO2/c13-8-1-4-11(14)12(5-8)16-7-10-3-2-9(6-15)17-10/h1,4-5,9-10H,2-3,6-7,15H2. The Morgan fingerprint density at radius 3 is 2.88 bits per heavy atom. The summed E-state index contributed by atoms with van der Waals surface area (Å²) in [6.07, 6.45) is 2.31. The van der Waals surface area contributed by atoms with Crippen LogP contribution in [0.3, 0.4) is 0 Å². The van der Waals surface area contributed by atoms with E-state index >= 15 is 0 Å². The third-order valence-electron chi connectivity index (χ3n) is 2.78. The Hall–Kier alpha value is -0.290. The molecule has 1 aliphatic rings. The van der Waals surface area contributed by atoms with Gasteiger partial charge in [0.05, 0.1) is 17.2 Å². The van der Waals surface area contributed by atoms with Gasteiger partial charge < -0.3 is 15.2 Å². The molecule has 1 saturated heterocycles. The van der Waals surface area contributed by atoms with Crippen molar-refractivity contribution in [2.24, 2.45) is 5.73 Å². The third kappa shape index (κ3) is 3.58. The Bertz CT molecular complexity index is 389. The molecule has 2 atom stereocenters. The number of halogens is 2. The fourth-order valence-electron chi connectivity index (χ4n) is 1.85. The molecule has 2 unspecified atom stereocenters. The number of rotatable bonds is 4. The van der Waals surface area contributed by atoms with Crippen LogP contribution in [0.1, 0.15) is 12.8 Å². The fraction of sp³-hybridized carbons (Fsp3) is 0.500. The van der Waals surface area contributed by atoms with Gasteiger partial charge in [-0.3, -0.25) is 0 Å². The minimum absolute atomic E-state index is 0.124. The van der Waals surface area contributed by atoms with Gasteiger partial charge in [0.15, 0.2) is 0 Å². The highest BCUT2D eigenvalue weighted by Crippen LogP contribution is 2.29. The van der Waals surface area contributed by atoms with Crippen LogP contribution in [0.4, 0.5) is 0 Å². The maximum absolute atomic E-state index is 6.03. The van der Waals surface area contributed by atoms with E-state index in [4.69, 9.17) is 26.8 Å². The van der Waals surface area contributed by atoms with Gasteiger partial charge in [-0.1, -0.05) is 27.5 Å². The largest absolute Gasteiger partial charge is 0.489 e. The Kier molecular flexibility index (Phi) is 4.68.